The van der Waals surface area contributed by atoms with E-state index in [1.165, 1.54) is 24.8 Å². The minimum absolute atomic E-state index is 0.0696. The first-order valence-corrected chi connectivity index (χ1v) is 10.1. The first-order chi connectivity index (χ1) is 12.3. The number of aromatic nitrogens is 1. The van der Waals surface area contributed by atoms with E-state index in [9.17, 15) is 4.79 Å². The highest BCUT2D eigenvalue weighted by Crippen LogP contribution is 2.34. The Morgan fingerprint density at radius 2 is 1.81 bits per heavy atom. The standard InChI is InChI=1S/C21H33N3O2/c1-16-14-17(15-22-19(16)23-11-7-5-8-12-23)18-10-6-9-13-24(18)20(25)26-21(2,3)4/h14-15,18H,5-13H2,1-4H3/t18-/m1/s1. The van der Waals surface area contributed by atoms with E-state index in [0.717, 1.165) is 50.3 Å². The van der Waals surface area contributed by atoms with Crippen LogP contribution in [0.25, 0.3) is 0 Å². The van der Waals surface area contributed by atoms with Crippen molar-refractivity contribution in [1.82, 2.24) is 9.88 Å². The van der Waals surface area contributed by atoms with Crippen molar-refractivity contribution in [3.63, 3.8) is 0 Å². The van der Waals surface area contributed by atoms with Gasteiger partial charge in [-0.15, -0.1) is 0 Å². The molecule has 2 aliphatic heterocycles. The van der Waals surface area contributed by atoms with Gasteiger partial charge in [0, 0.05) is 25.8 Å². The van der Waals surface area contributed by atoms with E-state index >= 15 is 0 Å². The van der Waals surface area contributed by atoms with E-state index in [1.807, 2.05) is 31.9 Å². The molecule has 144 valence electrons. The molecule has 1 amide bonds. The van der Waals surface area contributed by atoms with Crippen LogP contribution in [0.1, 0.15) is 76.5 Å². The minimum atomic E-state index is -0.467. The Morgan fingerprint density at radius 1 is 1.12 bits per heavy atom. The largest absolute Gasteiger partial charge is 0.444 e. The summed E-state index contributed by atoms with van der Waals surface area (Å²) in [6.45, 7) is 10.9. The van der Waals surface area contributed by atoms with Crippen LogP contribution in [-0.4, -0.2) is 41.2 Å². The average molecular weight is 360 g/mol. The quantitative estimate of drug-likeness (QED) is 0.758. The molecule has 0 N–H and O–H groups in total. The number of anilines is 1. The van der Waals surface area contributed by atoms with Gasteiger partial charge in [0.15, 0.2) is 0 Å². The van der Waals surface area contributed by atoms with Crippen molar-refractivity contribution in [3.05, 3.63) is 23.4 Å². The fourth-order valence-electron chi connectivity index (χ4n) is 4.03. The highest BCUT2D eigenvalue weighted by atomic mass is 16.6. The number of carbonyl (C=O) groups excluding carboxylic acids is 1. The topological polar surface area (TPSA) is 45.7 Å². The van der Waals surface area contributed by atoms with E-state index in [-0.39, 0.29) is 12.1 Å². The summed E-state index contributed by atoms with van der Waals surface area (Å²) in [5, 5.41) is 0. The number of rotatable bonds is 2. The summed E-state index contributed by atoms with van der Waals surface area (Å²) >= 11 is 0. The molecule has 2 saturated heterocycles. The van der Waals surface area contributed by atoms with Crippen LogP contribution in [0.2, 0.25) is 0 Å². The van der Waals surface area contributed by atoms with E-state index < -0.39 is 5.60 Å². The van der Waals surface area contributed by atoms with Gasteiger partial charge in [0.05, 0.1) is 6.04 Å². The Labute approximate surface area is 157 Å². The van der Waals surface area contributed by atoms with Crippen molar-refractivity contribution in [2.75, 3.05) is 24.5 Å². The van der Waals surface area contributed by atoms with Gasteiger partial charge in [-0.05, 0) is 83.4 Å². The monoisotopic (exact) mass is 359 g/mol. The molecule has 2 aliphatic rings. The third-order valence-electron chi connectivity index (χ3n) is 5.24. The summed E-state index contributed by atoms with van der Waals surface area (Å²) in [5.74, 6) is 1.10. The maximum absolute atomic E-state index is 12.7. The Morgan fingerprint density at radius 3 is 2.46 bits per heavy atom. The molecule has 0 radical (unpaired) electrons. The minimum Gasteiger partial charge on any atom is -0.444 e. The lowest BCUT2D eigenvalue weighted by atomic mass is 9.95. The highest BCUT2D eigenvalue weighted by Gasteiger charge is 2.32. The number of piperidine rings is 2. The number of hydrogen-bond acceptors (Lipinski definition) is 4. The van der Waals surface area contributed by atoms with Gasteiger partial charge < -0.3 is 14.5 Å². The molecule has 0 saturated carbocycles. The maximum atomic E-state index is 12.7. The molecule has 5 nitrogen and oxygen atoms in total. The number of likely N-dealkylation sites (tertiary alicyclic amines) is 1. The molecule has 1 aromatic rings. The number of hydrogen-bond donors (Lipinski definition) is 0. The van der Waals surface area contributed by atoms with Gasteiger partial charge >= 0.3 is 6.09 Å². The fraction of sp³-hybridized carbons (Fsp3) is 0.714. The van der Waals surface area contributed by atoms with Crippen LogP contribution >= 0.6 is 0 Å². The molecule has 2 fully saturated rings. The van der Waals surface area contributed by atoms with Gasteiger partial charge in [0.2, 0.25) is 0 Å². The second-order valence-corrected chi connectivity index (χ2v) is 8.64. The van der Waals surface area contributed by atoms with Crippen molar-refractivity contribution in [1.29, 1.82) is 0 Å². The number of pyridine rings is 1. The first-order valence-electron chi connectivity index (χ1n) is 10.1. The number of carbonyl (C=O) groups is 1. The zero-order valence-electron chi connectivity index (χ0n) is 16.8. The third-order valence-corrected chi connectivity index (χ3v) is 5.24. The van der Waals surface area contributed by atoms with Crippen LogP contribution in [0.15, 0.2) is 12.3 Å². The van der Waals surface area contributed by atoms with Crippen molar-refractivity contribution < 1.29 is 9.53 Å². The molecule has 1 aromatic heterocycles. The lowest BCUT2D eigenvalue weighted by Gasteiger charge is -2.37. The van der Waals surface area contributed by atoms with Crippen LogP contribution in [0.5, 0.6) is 0 Å². The molecule has 26 heavy (non-hydrogen) atoms. The third kappa shape index (κ3) is 4.49. The predicted molar refractivity (Wildman–Crippen MR) is 105 cm³/mol. The molecule has 0 spiro atoms. The molecule has 3 rings (SSSR count). The molecular weight excluding hydrogens is 326 g/mol. The summed E-state index contributed by atoms with van der Waals surface area (Å²) in [5.41, 5.74) is 1.87. The molecule has 0 aromatic carbocycles. The van der Waals surface area contributed by atoms with Crippen LogP contribution < -0.4 is 4.90 Å². The summed E-state index contributed by atoms with van der Waals surface area (Å²) in [7, 11) is 0. The fourth-order valence-corrected chi connectivity index (χ4v) is 4.03. The molecule has 1 atom stereocenters. The van der Waals surface area contributed by atoms with E-state index in [1.54, 1.807) is 0 Å². The number of nitrogens with zero attached hydrogens (tertiary/aromatic N) is 3. The molecule has 5 heteroatoms. The van der Waals surface area contributed by atoms with Crippen LogP contribution in [0, 0.1) is 6.92 Å². The summed E-state index contributed by atoms with van der Waals surface area (Å²) in [6.07, 6.45) is 8.73. The van der Waals surface area contributed by atoms with E-state index in [4.69, 9.17) is 9.72 Å². The smallest absolute Gasteiger partial charge is 0.410 e. The van der Waals surface area contributed by atoms with Gasteiger partial charge in [-0.2, -0.15) is 0 Å². The molecule has 0 unspecified atom stereocenters. The highest BCUT2D eigenvalue weighted by molar-refractivity contribution is 5.69. The molecule has 0 aliphatic carbocycles. The Hall–Kier alpha value is -1.78. The van der Waals surface area contributed by atoms with Crippen molar-refractivity contribution in [2.24, 2.45) is 0 Å². The van der Waals surface area contributed by atoms with E-state index in [0.29, 0.717) is 0 Å². The maximum Gasteiger partial charge on any atom is 0.410 e. The Balaban J connectivity index is 1.79. The first kappa shape index (κ1) is 19.0. The summed E-state index contributed by atoms with van der Waals surface area (Å²) in [6, 6.07) is 2.30. The predicted octanol–water partition coefficient (Wildman–Crippen LogP) is 4.84. The lowest BCUT2D eigenvalue weighted by Crippen LogP contribution is -2.42. The van der Waals surface area contributed by atoms with Gasteiger partial charge in [-0.1, -0.05) is 0 Å². The van der Waals surface area contributed by atoms with Crippen LogP contribution in [0.4, 0.5) is 10.6 Å². The number of ether oxygens (including phenoxy) is 1. The van der Waals surface area contributed by atoms with Crippen LogP contribution in [0.3, 0.4) is 0 Å². The zero-order valence-corrected chi connectivity index (χ0v) is 16.8. The van der Waals surface area contributed by atoms with Gasteiger partial charge in [-0.3, -0.25) is 0 Å². The Kier molecular flexibility index (Phi) is 5.73. The number of aryl methyl sites for hydroxylation is 1. The number of amides is 1. The molecular formula is C21H33N3O2. The normalized spacial score (nSPS) is 21.6. The van der Waals surface area contributed by atoms with E-state index in [2.05, 4.69) is 17.9 Å². The zero-order chi connectivity index (χ0) is 18.7. The van der Waals surface area contributed by atoms with Gasteiger partial charge in [-0.25, -0.2) is 9.78 Å². The van der Waals surface area contributed by atoms with Crippen molar-refractivity contribution in [3.8, 4) is 0 Å². The second-order valence-electron chi connectivity index (χ2n) is 8.64. The molecule has 3 heterocycles. The summed E-state index contributed by atoms with van der Waals surface area (Å²) in [4.78, 5) is 21.8. The molecule has 0 bridgehead atoms. The second kappa shape index (κ2) is 7.85. The average Bonchev–Trinajstić information content (AvgIpc) is 2.61. The van der Waals surface area contributed by atoms with Gasteiger partial charge in [0.1, 0.15) is 11.4 Å². The Bertz CT molecular complexity index is 633. The SMILES string of the molecule is Cc1cc([C@H]2CCCCN2C(=O)OC(C)(C)C)cnc1N1CCCCC1. The van der Waals surface area contributed by atoms with Crippen molar-refractivity contribution >= 4 is 11.9 Å². The van der Waals surface area contributed by atoms with Crippen molar-refractivity contribution in [2.45, 2.75) is 77.9 Å². The lowest BCUT2D eigenvalue weighted by molar-refractivity contribution is 0.00947. The van der Waals surface area contributed by atoms with Crippen LogP contribution in [-0.2, 0) is 4.74 Å². The van der Waals surface area contributed by atoms with Gasteiger partial charge in [0.25, 0.3) is 0 Å². The summed E-state index contributed by atoms with van der Waals surface area (Å²) < 4.78 is 5.64.